The van der Waals surface area contributed by atoms with Crippen LogP contribution in [-0.4, -0.2) is 29.7 Å². The van der Waals surface area contributed by atoms with E-state index in [1.165, 1.54) is 0 Å². The standard InChI is InChI=1S/C10H15N3O/c1-2-8-3-4-12-10(13-8)9-7-14-6-5-11-9/h3-4,9,11H,2,5-7H2,1H3. The normalized spacial score (nSPS) is 22.2. The van der Waals surface area contributed by atoms with E-state index in [1.807, 2.05) is 12.3 Å². The summed E-state index contributed by atoms with van der Waals surface area (Å²) in [6.07, 6.45) is 2.76. The molecule has 4 nitrogen and oxygen atoms in total. The van der Waals surface area contributed by atoms with Crippen LogP contribution in [0.3, 0.4) is 0 Å². The molecule has 1 atom stereocenters. The molecule has 0 aromatic carbocycles. The molecule has 0 spiro atoms. The first-order valence-electron chi connectivity index (χ1n) is 5.03. The molecule has 0 bridgehead atoms. The van der Waals surface area contributed by atoms with E-state index in [-0.39, 0.29) is 6.04 Å². The molecule has 0 radical (unpaired) electrons. The number of rotatable bonds is 2. The van der Waals surface area contributed by atoms with Gasteiger partial charge in [0.15, 0.2) is 0 Å². The molecule has 1 fully saturated rings. The highest BCUT2D eigenvalue weighted by molar-refractivity contribution is 5.05. The molecule has 1 saturated heterocycles. The van der Waals surface area contributed by atoms with Gasteiger partial charge in [0.1, 0.15) is 5.82 Å². The van der Waals surface area contributed by atoms with Crippen LogP contribution in [0.25, 0.3) is 0 Å². The van der Waals surface area contributed by atoms with Gasteiger partial charge in [-0.2, -0.15) is 0 Å². The lowest BCUT2D eigenvalue weighted by atomic mass is 10.2. The van der Waals surface area contributed by atoms with Crippen molar-refractivity contribution in [1.82, 2.24) is 15.3 Å². The van der Waals surface area contributed by atoms with E-state index >= 15 is 0 Å². The average Bonchev–Trinajstić information content (AvgIpc) is 2.30. The minimum atomic E-state index is 0.162. The van der Waals surface area contributed by atoms with Crippen molar-refractivity contribution in [1.29, 1.82) is 0 Å². The third-order valence-electron chi connectivity index (χ3n) is 2.33. The van der Waals surface area contributed by atoms with E-state index in [0.717, 1.165) is 31.1 Å². The van der Waals surface area contributed by atoms with Gasteiger partial charge in [-0.1, -0.05) is 6.92 Å². The van der Waals surface area contributed by atoms with Crippen LogP contribution < -0.4 is 5.32 Å². The van der Waals surface area contributed by atoms with Gasteiger partial charge in [0.2, 0.25) is 0 Å². The van der Waals surface area contributed by atoms with Gasteiger partial charge in [0.25, 0.3) is 0 Å². The first-order chi connectivity index (χ1) is 6.90. The number of nitrogens with zero attached hydrogens (tertiary/aromatic N) is 2. The molecule has 14 heavy (non-hydrogen) atoms. The molecular weight excluding hydrogens is 178 g/mol. The lowest BCUT2D eigenvalue weighted by Gasteiger charge is -2.22. The van der Waals surface area contributed by atoms with Gasteiger partial charge >= 0.3 is 0 Å². The zero-order valence-electron chi connectivity index (χ0n) is 8.36. The van der Waals surface area contributed by atoms with Crippen LogP contribution in [0.1, 0.15) is 24.5 Å². The van der Waals surface area contributed by atoms with Crippen LogP contribution in [0.15, 0.2) is 12.3 Å². The quantitative estimate of drug-likeness (QED) is 0.751. The number of morpholine rings is 1. The predicted octanol–water partition coefficient (Wildman–Crippen LogP) is 0.700. The Balaban J connectivity index is 2.13. The second-order valence-corrected chi connectivity index (χ2v) is 3.34. The molecule has 1 N–H and O–H groups in total. The smallest absolute Gasteiger partial charge is 0.147 e. The summed E-state index contributed by atoms with van der Waals surface area (Å²) in [6.45, 7) is 4.43. The van der Waals surface area contributed by atoms with Crippen LogP contribution in [0, 0.1) is 0 Å². The highest BCUT2D eigenvalue weighted by atomic mass is 16.5. The number of nitrogens with one attached hydrogen (secondary N) is 1. The third-order valence-corrected chi connectivity index (χ3v) is 2.33. The second-order valence-electron chi connectivity index (χ2n) is 3.34. The molecule has 0 amide bonds. The fourth-order valence-electron chi connectivity index (χ4n) is 1.51. The molecule has 1 aromatic rings. The summed E-state index contributed by atoms with van der Waals surface area (Å²) >= 11 is 0. The molecule has 1 unspecified atom stereocenters. The van der Waals surface area contributed by atoms with Crippen molar-refractivity contribution in [3.63, 3.8) is 0 Å². The number of aryl methyl sites for hydroxylation is 1. The van der Waals surface area contributed by atoms with E-state index in [2.05, 4.69) is 22.2 Å². The number of aromatic nitrogens is 2. The van der Waals surface area contributed by atoms with Crippen molar-refractivity contribution in [3.8, 4) is 0 Å². The van der Waals surface area contributed by atoms with Crippen molar-refractivity contribution in [3.05, 3.63) is 23.8 Å². The van der Waals surface area contributed by atoms with Gasteiger partial charge in [-0.05, 0) is 12.5 Å². The van der Waals surface area contributed by atoms with Gasteiger partial charge in [-0.15, -0.1) is 0 Å². The Morgan fingerprint density at radius 2 is 2.57 bits per heavy atom. The summed E-state index contributed by atoms with van der Waals surface area (Å²) in [5.74, 6) is 0.851. The largest absolute Gasteiger partial charge is 0.378 e. The molecule has 4 heteroatoms. The lowest BCUT2D eigenvalue weighted by molar-refractivity contribution is 0.0741. The second kappa shape index (κ2) is 4.48. The first kappa shape index (κ1) is 9.55. The predicted molar refractivity (Wildman–Crippen MR) is 53.0 cm³/mol. The van der Waals surface area contributed by atoms with Gasteiger partial charge < -0.3 is 10.1 Å². The minimum Gasteiger partial charge on any atom is -0.378 e. The summed E-state index contributed by atoms with van der Waals surface area (Å²) < 4.78 is 5.37. The fourth-order valence-corrected chi connectivity index (χ4v) is 1.51. The number of ether oxygens (including phenoxy) is 1. The van der Waals surface area contributed by atoms with E-state index in [4.69, 9.17) is 4.74 Å². The van der Waals surface area contributed by atoms with Crippen molar-refractivity contribution in [2.24, 2.45) is 0 Å². The van der Waals surface area contributed by atoms with Gasteiger partial charge in [0.05, 0.1) is 19.3 Å². The molecule has 0 aliphatic carbocycles. The third kappa shape index (κ3) is 2.08. The average molecular weight is 193 g/mol. The maximum absolute atomic E-state index is 5.37. The molecule has 2 rings (SSSR count). The molecular formula is C10H15N3O. The molecule has 2 heterocycles. The topological polar surface area (TPSA) is 47.0 Å². The highest BCUT2D eigenvalue weighted by Gasteiger charge is 2.17. The highest BCUT2D eigenvalue weighted by Crippen LogP contribution is 2.11. The van der Waals surface area contributed by atoms with E-state index in [0.29, 0.717) is 6.61 Å². The Hall–Kier alpha value is -1.00. The molecule has 76 valence electrons. The maximum Gasteiger partial charge on any atom is 0.147 e. The number of hydrogen-bond donors (Lipinski definition) is 1. The van der Waals surface area contributed by atoms with Crippen molar-refractivity contribution in [2.75, 3.05) is 19.8 Å². The molecule has 1 aliphatic heterocycles. The SMILES string of the molecule is CCc1ccnc(C2COCCN2)n1. The monoisotopic (exact) mass is 193 g/mol. The van der Waals surface area contributed by atoms with Crippen LogP contribution in [-0.2, 0) is 11.2 Å². The van der Waals surface area contributed by atoms with Crippen molar-refractivity contribution >= 4 is 0 Å². The Labute approximate surface area is 83.7 Å². The number of hydrogen-bond acceptors (Lipinski definition) is 4. The Kier molecular flexibility index (Phi) is 3.06. The lowest BCUT2D eigenvalue weighted by Crippen LogP contribution is -2.35. The van der Waals surface area contributed by atoms with E-state index < -0.39 is 0 Å². The van der Waals surface area contributed by atoms with E-state index in [1.54, 1.807) is 0 Å². The van der Waals surface area contributed by atoms with Crippen molar-refractivity contribution in [2.45, 2.75) is 19.4 Å². The molecule has 1 aromatic heterocycles. The van der Waals surface area contributed by atoms with Crippen LogP contribution >= 0.6 is 0 Å². The first-order valence-corrected chi connectivity index (χ1v) is 5.03. The zero-order valence-corrected chi connectivity index (χ0v) is 8.36. The van der Waals surface area contributed by atoms with Gasteiger partial charge in [-0.25, -0.2) is 9.97 Å². The van der Waals surface area contributed by atoms with Crippen LogP contribution in [0.2, 0.25) is 0 Å². The maximum atomic E-state index is 5.37. The fraction of sp³-hybridized carbons (Fsp3) is 0.600. The molecule has 1 aliphatic rings. The van der Waals surface area contributed by atoms with Gasteiger partial charge in [0, 0.05) is 18.4 Å². The molecule has 0 saturated carbocycles. The van der Waals surface area contributed by atoms with Crippen molar-refractivity contribution < 1.29 is 4.74 Å². The van der Waals surface area contributed by atoms with Crippen LogP contribution in [0.4, 0.5) is 0 Å². The Bertz CT molecular complexity index is 297. The zero-order chi connectivity index (χ0) is 9.80. The van der Waals surface area contributed by atoms with Crippen LogP contribution in [0.5, 0.6) is 0 Å². The van der Waals surface area contributed by atoms with E-state index in [9.17, 15) is 0 Å². The summed E-state index contributed by atoms with van der Waals surface area (Å²) in [4.78, 5) is 8.72. The summed E-state index contributed by atoms with van der Waals surface area (Å²) in [5, 5.41) is 3.34. The minimum absolute atomic E-state index is 0.162. The summed E-state index contributed by atoms with van der Waals surface area (Å²) in [6, 6.07) is 2.11. The summed E-state index contributed by atoms with van der Waals surface area (Å²) in [7, 11) is 0. The summed E-state index contributed by atoms with van der Waals surface area (Å²) in [5.41, 5.74) is 1.09. The Morgan fingerprint density at radius 1 is 1.64 bits per heavy atom. The van der Waals surface area contributed by atoms with Gasteiger partial charge in [-0.3, -0.25) is 0 Å². The Morgan fingerprint density at radius 3 is 3.29 bits per heavy atom.